The molecule has 0 aromatic heterocycles. The highest BCUT2D eigenvalue weighted by Crippen LogP contribution is 2.45. The fraction of sp³-hybridized carbons (Fsp3) is 0.667. The second-order valence-electron chi connectivity index (χ2n) is 10.1. The van der Waals surface area contributed by atoms with Gasteiger partial charge in [-0.2, -0.15) is 0 Å². The molecule has 1 aliphatic carbocycles. The lowest BCUT2D eigenvalue weighted by Gasteiger charge is -2.46. The van der Waals surface area contributed by atoms with Crippen LogP contribution in [0.25, 0.3) is 0 Å². The topological polar surface area (TPSA) is 62.3 Å². The normalized spacial score (nSPS) is 21.8. The van der Waals surface area contributed by atoms with E-state index in [0.29, 0.717) is 19.2 Å². The molecule has 4 rings (SSSR count). The molecule has 1 saturated carbocycles. The maximum absolute atomic E-state index is 12.7. The Balaban J connectivity index is 1.24. The minimum atomic E-state index is -0.466. The van der Waals surface area contributed by atoms with Crippen LogP contribution in [0.15, 0.2) is 30.3 Å². The first-order valence-corrected chi connectivity index (χ1v) is 11.5. The summed E-state index contributed by atoms with van der Waals surface area (Å²) in [5.41, 5.74) is 0.488. The lowest BCUT2D eigenvalue weighted by molar-refractivity contribution is -0.0198. The molecular formula is C24H35N3O4. The fourth-order valence-electron chi connectivity index (χ4n) is 4.72. The Kier molecular flexibility index (Phi) is 6.15. The van der Waals surface area contributed by atoms with Crippen LogP contribution < -0.4 is 0 Å². The summed E-state index contributed by atoms with van der Waals surface area (Å²) in [5, 5.41) is 0. The third-order valence-electron chi connectivity index (χ3n) is 6.57. The molecule has 0 N–H and O–H groups in total. The van der Waals surface area contributed by atoms with Crippen LogP contribution >= 0.6 is 0 Å². The van der Waals surface area contributed by atoms with Gasteiger partial charge in [-0.15, -0.1) is 0 Å². The summed E-state index contributed by atoms with van der Waals surface area (Å²) < 4.78 is 11.1. The van der Waals surface area contributed by atoms with E-state index in [2.05, 4.69) is 4.90 Å². The molecule has 2 heterocycles. The molecule has 2 amide bonds. The van der Waals surface area contributed by atoms with Gasteiger partial charge >= 0.3 is 12.2 Å². The highest BCUT2D eigenvalue weighted by Gasteiger charge is 2.55. The highest BCUT2D eigenvalue weighted by molar-refractivity contribution is 5.70. The molecule has 7 nitrogen and oxygen atoms in total. The van der Waals surface area contributed by atoms with Crippen LogP contribution in [0.1, 0.15) is 52.0 Å². The minimum Gasteiger partial charge on any atom is -0.445 e. The van der Waals surface area contributed by atoms with Crippen molar-refractivity contribution in [1.82, 2.24) is 14.7 Å². The van der Waals surface area contributed by atoms with E-state index in [1.807, 2.05) is 60.9 Å². The van der Waals surface area contributed by atoms with Gasteiger partial charge in [-0.05, 0) is 52.0 Å². The second-order valence-corrected chi connectivity index (χ2v) is 10.1. The Morgan fingerprint density at radius 1 is 1.00 bits per heavy atom. The van der Waals surface area contributed by atoms with E-state index in [0.717, 1.165) is 57.4 Å². The number of ether oxygens (including phenoxy) is 2. The fourth-order valence-corrected chi connectivity index (χ4v) is 4.72. The molecule has 31 heavy (non-hydrogen) atoms. The molecule has 1 aromatic rings. The number of nitrogens with zero attached hydrogens (tertiary/aromatic N) is 3. The van der Waals surface area contributed by atoms with Crippen molar-refractivity contribution in [2.45, 2.75) is 70.2 Å². The molecule has 1 spiro atoms. The molecule has 0 unspecified atom stereocenters. The predicted molar refractivity (Wildman–Crippen MR) is 118 cm³/mol. The average Bonchev–Trinajstić information content (AvgIpc) is 3.50. The zero-order valence-electron chi connectivity index (χ0n) is 19.0. The van der Waals surface area contributed by atoms with Crippen molar-refractivity contribution in [2.75, 3.05) is 32.7 Å². The van der Waals surface area contributed by atoms with E-state index < -0.39 is 5.60 Å². The van der Waals surface area contributed by atoms with Crippen LogP contribution in [0.3, 0.4) is 0 Å². The third kappa shape index (κ3) is 5.32. The molecule has 1 aromatic carbocycles. The minimum absolute atomic E-state index is 0.0493. The molecule has 3 aliphatic rings. The Morgan fingerprint density at radius 2 is 1.68 bits per heavy atom. The number of rotatable bonds is 3. The monoisotopic (exact) mass is 429 g/mol. The zero-order chi connectivity index (χ0) is 22.1. The van der Waals surface area contributed by atoms with Crippen LogP contribution in [0.2, 0.25) is 0 Å². The van der Waals surface area contributed by atoms with Crippen molar-refractivity contribution in [1.29, 1.82) is 0 Å². The zero-order valence-corrected chi connectivity index (χ0v) is 19.0. The van der Waals surface area contributed by atoms with Crippen molar-refractivity contribution in [3.8, 4) is 0 Å². The SMILES string of the molecule is CC(C)(C)OC(=O)N1CCN(C2CCN(C(=O)OCc3ccccc3)CC2)CC12CC2. The second kappa shape index (κ2) is 8.69. The first kappa shape index (κ1) is 21.9. The maximum Gasteiger partial charge on any atom is 0.410 e. The summed E-state index contributed by atoms with van der Waals surface area (Å²) in [5.74, 6) is 0. The first-order valence-electron chi connectivity index (χ1n) is 11.5. The largest absolute Gasteiger partial charge is 0.445 e. The molecule has 3 fully saturated rings. The lowest BCUT2D eigenvalue weighted by Crippen LogP contribution is -2.61. The van der Waals surface area contributed by atoms with E-state index in [9.17, 15) is 9.59 Å². The number of piperazine rings is 1. The maximum atomic E-state index is 12.7. The van der Waals surface area contributed by atoms with Crippen molar-refractivity contribution >= 4 is 12.2 Å². The summed E-state index contributed by atoms with van der Waals surface area (Å²) in [6.07, 6.45) is 3.59. The summed E-state index contributed by atoms with van der Waals surface area (Å²) in [7, 11) is 0. The van der Waals surface area contributed by atoms with Gasteiger partial charge in [0.2, 0.25) is 0 Å². The van der Waals surface area contributed by atoms with Crippen molar-refractivity contribution in [3.63, 3.8) is 0 Å². The van der Waals surface area contributed by atoms with Crippen molar-refractivity contribution in [2.24, 2.45) is 0 Å². The number of piperidine rings is 1. The summed E-state index contributed by atoms with van der Waals surface area (Å²) in [4.78, 5) is 31.4. The molecule has 7 heteroatoms. The van der Waals surface area contributed by atoms with E-state index in [1.54, 1.807) is 0 Å². The number of carbonyl (C=O) groups is 2. The van der Waals surface area contributed by atoms with Crippen molar-refractivity contribution in [3.05, 3.63) is 35.9 Å². The summed E-state index contributed by atoms with van der Waals surface area (Å²) >= 11 is 0. The van der Waals surface area contributed by atoms with Gasteiger partial charge in [-0.1, -0.05) is 30.3 Å². The van der Waals surface area contributed by atoms with Crippen LogP contribution in [0.4, 0.5) is 9.59 Å². The molecule has 2 saturated heterocycles. The van der Waals surface area contributed by atoms with E-state index >= 15 is 0 Å². The standard InChI is InChI=1S/C24H35N3O4/c1-23(2,3)31-22(29)27-16-15-26(18-24(27)11-12-24)20-9-13-25(14-10-20)21(28)30-17-19-7-5-4-6-8-19/h4-8,20H,9-18H2,1-3H3. The first-order chi connectivity index (χ1) is 14.8. The number of amides is 2. The van der Waals surface area contributed by atoms with Gasteiger partial charge in [-0.25, -0.2) is 9.59 Å². The van der Waals surface area contributed by atoms with Gasteiger partial charge in [0.05, 0.1) is 5.54 Å². The molecule has 0 atom stereocenters. The van der Waals surface area contributed by atoms with Gasteiger partial charge in [0.25, 0.3) is 0 Å². The Labute approximate surface area is 185 Å². The predicted octanol–water partition coefficient (Wildman–Crippen LogP) is 3.87. The lowest BCUT2D eigenvalue weighted by atomic mass is 10.00. The van der Waals surface area contributed by atoms with Gasteiger partial charge < -0.3 is 14.4 Å². The number of hydrogen-bond donors (Lipinski definition) is 0. The van der Waals surface area contributed by atoms with Gasteiger partial charge in [0.1, 0.15) is 12.2 Å². The average molecular weight is 430 g/mol. The highest BCUT2D eigenvalue weighted by atomic mass is 16.6. The summed E-state index contributed by atoms with van der Waals surface area (Å²) in [6, 6.07) is 10.2. The molecular weight excluding hydrogens is 394 g/mol. The van der Waals surface area contributed by atoms with Crippen LogP contribution in [0.5, 0.6) is 0 Å². The number of carbonyl (C=O) groups excluding carboxylic acids is 2. The third-order valence-corrected chi connectivity index (χ3v) is 6.57. The number of benzene rings is 1. The van der Waals surface area contributed by atoms with Crippen LogP contribution in [0, 0.1) is 0 Å². The Morgan fingerprint density at radius 3 is 2.29 bits per heavy atom. The molecule has 170 valence electrons. The molecule has 0 bridgehead atoms. The van der Waals surface area contributed by atoms with Gasteiger partial charge in [0, 0.05) is 38.8 Å². The Hall–Kier alpha value is -2.28. The smallest absolute Gasteiger partial charge is 0.410 e. The van der Waals surface area contributed by atoms with Gasteiger partial charge in [0.15, 0.2) is 0 Å². The van der Waals surface area contributed by atoms with E-state index in [-0.39, 0.29) is 17.7 Å². The molecule has 0 radical (unpaired) electrons. The van der Waals surface area contributed by atoms with E-state index in [1.165, 1.54) is 0 Å². The quantitative estimate of drug-likeness (QED) is 0.730. The number of hydrogen-bond acceptors (Lipinski definition) is 5. The number of likely N-dealkylation sites (tertiary alicyclic amines) is 1. The van der Waals surface area contributed by atoms with Crippen LogP contribution in [-0.4, -0.2) is 76.8 Å². The van der Waals surface area contributed by atoms with Crippen LogP contribution in [-0.2, 0) is 16.1 Å². The van der Waals surface area contributed by atoms with E-state index in [4.69, 9.17) is 9.47 Å². The van der Waals surface area contributed by atoms with Crippen molar-refractivity contribution < 1.29 is 19.1 Å². The molecule has 2 aliphatic heterocycles. The van der Waals surface area contributed by atoms with Gasteiger partial charge in [-0.3, -0.25) is 9.80 Å². The Bertz CT molecular complexity index is 780. The summed E-state index contributed by atoms with van der Waals surface area (Å²) in [6.45, 7) is 10.00.